The molecule has 1 unspecified atom stereocenters. The number of amides is 1. The number of nitrogens with zero attached hydrogens (tertiary/aromatic N) is 1. The number of hydrogen-bond donors (Lipinski definition) is 0. The van der Waals surface area contributed by atoms with Crippen molar-refractivity contribution in [3.8, 4) is 0 Å². The van der Waals surface area contributed by atoms with Crippen LogP contribution in [0.4, 0.5) is 0 Å². The molecule has 1 atom stereocenters. The zero-order chi connectivity index (χ0) is 10.8. The van der Waals surface area contributed by atoms with Gasteiger partial charge in [-0.3, -0.25) is 4.79 Å². The van der Waals surface area contributed by atoms with Crippen LogP contribution in [0.25, 0.3) is 0 Å². The average molecular weight is 272 g/mol. The van der Waals surface area contributed by atoms with Gasteiger partial charge in [0.1, 0.15) is 0 Å². The summed E-state index contributed by atoms with van der Waals surface area (Å²) in [5.41, 5.74) is 0.629. The molecule has 0 spiro atoms. The van der Waals surface area contributed by atoms with E-state index in [1.54, 1.807) is 6.07 Å². The fourth-order valence-electron chi connectivity index (χ4n) is 1.99. The lowest BCUT2D eigenvalue weighted by Gasteiger charge is -2.30. The van der Waals surface area contributed by atoms with Crippen molar-refractivity contribution >= 4 is 21.8 Å². The van der Waals surface area contributed by atoms with Crippen LogP contribution in [0.3, 0.4) is 0 Å². The molecule has 1 aliphatic rings. The molecule has 1 saturated heterocycles. The highest BCUT2D eigenvalue weighted by Crippen LogP contribution is 2.22. The molecule has 1 fully saturated rings. The highest BCUT2D eigenvalue weighted by molar-refractivity contribution is 9.10. The molecule has 15 heavy (non-hydrogen) atoms. The number of furan rings is 1. The molecule has 2 rings (SSSR count). The Morgan fingerprint density at radius 3 is 3.07 bits per heavy atom. The van der Waals surface area contributed by atoms with E-state index < -0.39 is 0 Å². The molecule has 0 N–H and O–H groups in total. The summed E-state index contributed by atoms with van der Waals surface area (Å²) in [6.45, 7) is 3.90. The Balaban J connectivity index is 2.11. The van der Waals surface area contributed by atoms with Gasteiger partial charge in [0.25, 0.3) is 5.91 Å². The monoisotopic (exact) mass is 271 g/mol. The van der Waals surface area contributed by atoms with E-state index in [1.807, 2.05) is 4.90 Å². The van der Waals surface area contributed by atoms with Gasteiger partial charge in [0, 0.05) is 13.1 Å². The Labute approximate surface area is 97.6 Å². The number of carbonyl (C=O) groups excluding carboxylic acids is 1. The van der Waals surface area contributed by atoms with Crippen LogP contribution in [0.5, 0.6) is 0 Å². The maximum absolute atomic E-state index is 12.1. The van der Waals surface area contributed by atoms with Gasteiger partial charge in [0.2, 0.25) is 0 Å². The number of carbonyl (C=O) groups is 1. The van der Waals surface area contributed by atoms with Gasteiger partial charge in [-0.25, -0.2) is 0 Å². The topological polar surface area (TPSA) is 33.5 Å². The zero-order valence-electron chi connectivity index (χ0n) is 8.70. The maximum Gasteiger partial charge on any atom is 0.258 e. The summed E-state index contributed by atoms with van der Waals surface area (Å²) in [6, 6.07) is 1.71. The van der Waals surface area contributed by atoms with Crippen LogP contribution >= 0.6 is 15.9 Å². The van der Waals surface area contributed by atoms with Gasteiger partial charge in [-0.15, -0.1) is 0 Å². The molecule has 4 heteroatoms. The number of hydrogen-bond acceptors (Lipinski definition) is 2. The summed E-state index contributed by atoms with van der Waals surface area (Å²) in [5, 5.41) is 0. The first-order valence-electron chi connectivity index (χ1n) is 5.20. The number of halogens is 1. The van der Waals surface area contributed by atoms with Crippen molar-refractivity contribution in [3.63, 3.8) is 0 Å². The predicted molar refractivity (Wildman–Crippen MR) is 60.7 cm³/mol. The summed E-state index contributed by atoms with van der Waals surface area (Å²) < 4.78 is 5.61. The van der Waals surface area contributed by atoms with Gasteiger partial charge in [-0.2, -0.15) is 0 Å². The van der Waals surface area contributed by atoms with E-state index in [0.717, 1.165) is 19.5 Å². The third-order valence-corrected chi connectivity index (χ3v) is 3.41. The molecule has 1 aromatic heterocycles. The Hall–Kier alpha value is -0.770. The first kappa shape index (κ1) is 10.7. The number of likely N-dealkylation sites (tertiary alicyclic amines) is 1. The Morgan fingerprint density at radius 1 is 1.67 bits per heavy atom. The van der Waals surface area contributed by atoms with Crippen molar-refractivity contribution in [2.45, 2.75) is 19.8 Å². The van der Waals surface area contributed by atoms with E-state index in [0.29, 0.717) is 16.2 Å². The van der Waals surface area contributed by atoms with Crippen LogP contribution in [-0.4, -0.2) is 23.9 Å². The third-order valence-electron chi connectivity index (χ3n) is 2.79. The SMILES string of the molecule is CC1CCCN(C(=O)c2ccoc2Br)C1. The highest BCUT2D eigenvalue weighted by atomic mass is 79.9. The fourth-order valence-corrected chi connectivity index (χ4v) is 2.40. The molecule has 0 radical (unpaired) electrons. The molecular weight excluding hydrogens is 258 g/mol. The molecule has 0 aromatic carbocycles. The number of piperidine rings is 1. The summed E-state index contributed by atoms with van der Waals surface area (Å²) >= 11 is 3.23. The number of rotatable bonds is 1. The van der Waals surface area contributed by atoms with Crippen LogP contribution in [0.2, 0.25) is 0 Å². The predicted octanol–water partition coefficient (Wildman–Crippen LogP) is 2.91. The lowest BCUT2D eigenvalue weighted by molar-refractivity contribution is 0.0681. The second kappa shape index (κ2) is 4.39. The molecule has 3 nitrogen and oxygen atoms in total. The average Bonchev–Trinajstić information content (AvgIpc) is 2.63. The standard InChI is InChI=1S/C11H14BrNO2/c1-8-3-2-5-13(7-8)11(14)9-4-6-15-10(9)12/h4,6,8H,2-3,5,7H2,1H3. The van der Waals surface area contributed by atoms with Gasteiger partial charge in [-0.05, 0) is 40.8 Å². The van der Waals surface area contributed by atoms with Gasteiger partial charge in [0.05, 0.1) is 11.8 Å². The summed E-state index contributed by atoms with van der Waals surface area (Å²) in [5.74, 6) is 0.676. The minimum atomic E-state index is 0.0715. The smallest absolute Gasteiger partial charge is 0.258 e. The first-order chi connectivity index (χ1) is 7.18. The van der Waals surface area contributed by atoms with E-state index >= 15 is 0 Å². The quantitative estimate of drug-likeness (QED) is 0.787. The highest BCUT2D eigenvalue weighted by Gasteiger charge is 2.24. The minimum absolute atomic E-state index is 0.0715. The van der Waals surface area contributed by atoms with Crippen molar-refractivity contribution in [1.82, 2.24) is 4.90 Å². The molecule has 2 heterocycles. The summed E-state index contributed by atoms with van der Waals surface area (Å²) in [7, 11) is 0. The van der Waals surface area contributed by atoms with Crippen molar-refractivity contribution in [2.75, 3.05) is 13.1 Å². The molecular formula is C11H14BrNO2. The second-order valence-corrected chi connectivity index (χ2v) is 4.83. The summed E-state index contributed by atoms with van der Waals surface area (Å²) in [6.07, 6.45) is 3.85. The van der Waals surface area contributed by atoms with Crippen molar-refractivity contribution in [2.24, 2.45) is 5.92 Å². The summed E-state index contributed by atoms with van der Waals surface area (Å²) in [4.78, 5) is 14.0. The van der Waals surface area contributed by atoms with Crippen LogP contribution in [0.1, 0.15) is 30.1 Å². The van der Waals surface area contributed by atoms with E-state index in [1.165, 1.54) is 12.7 Å². The third kappa shape index (κ3) is 2.25. The molecule has 1 aliphatic heterocycles. The van der Waals surface area contributed by atoms with Crippen LogP contribution < -0.4 is 0 Å². The van der Waals surface area contributed by atoms with Crippen LogP contribution in [0, 0.1) is 5.92 Å². The van der Waals surface area contributed by atoms with Gasteiger partial charge < -0.3 is 9.32 Å². The van der Waals surface area contributed by atoms with E-state index in [4.69, 9.17) is 4.42 Å². The lowest BCUT2D eigenvalue weighted by Crippen LogP contribution is -2.39. The van der Waals surface area contributed by atoms with E-state index in [-0.39, 0.29) is 5.91 Å². The largest absolute Gasteiger partial charge is 0.457 e. The van der Waals surface area contributed by atoms with Crippen LogP contribution in [-0.2, 0) is 0 Å². The normalized spacial score (nSPS) is 21.7. The molecule has 1 amide bonds. The Kier molecular flexibility index (Phi) is 3.14. The maximum atomic E-state index is 12.1. The lowest BCUT2D eigenvalue weighted by atomic mass is 10.00. The Bertz CT molecular complexity index is 361. The zero-order valence-corrected chi connectivity index (χ0v) is 10.3. The minimum Gasteiger partial charge on any atom is -0.457 e. The molecule has 0 aliphatic carbocycles. The van der Waals surface area contributed by atoms with Crippen LogP contribution in [0.15, 0.2) is 21.4 Å². The van der Waals surface area contributed by atoms with Gasteiger partial charge in [-0.1, -0.05) is 6.92 Å². The second-order valence-electron chi connectivity index (χ2n) is 4.11. The molecule has 0 saturated carbocycles. The fraction of sp³-hybridized carbons (Fsp3) is 0.545. The van der Waals surface area contributed by atoms with E-state index in [9.17, 15) is 4.79 Å². The van der Waals surface area contributed by atoms with Crippen molar-refractivity contribution < 1.29 is 9.21 Å². The Morgan fingerprint density at radius 2 is 2.47 bits per heavy atom. The molecule has 1 aromatic rings. The van der Waals surface area contributed by atoms with Crippen molar-refractivity contribution in [1.29, 1.82) is 0 Å². The van der Waals surface area contributed by atoms with Gasteiger partial charge >= 0.3 is 0 Å². The molecule has 0 bridgehead atoms. The van der Waals surface area contributed by atoms with E-state index in [2.05, 4.69) is 22.9 Å². The first-order valence-corrected chi connectivity index (χ1v) is 6.00. The molecule has 82 valence electrons. The van der Waals surface area contributed by atoms with Gasteiger partial charge in [0.15, 0.2) is 4.67 Å². The van der Waals surface area contributed by atoms with Crippen molar-refractivity contribution in [3.05, 3.63) is 22.6 Å².